The van der Waals surface area contributed by atoms with E-state index >= 15 is 0 Å². The molecule has 26 heavy (non-hydrogen) atoms. The van der Waals surface area contributed by atoms with Crippen molar-refractivity contribution in [1.82, 2.24) is 9.97 Å². The molecular formula is C16H17F3N4O3. The Morgan fingerprint density at radius 1 is 1.27 bits per heavy atom. The molecule has 0 aliphatic rings. The third kappa shape index (κ3) is 5.04. The van der Waals surface area contributed by atoms with Gasteiger partial charge in [-0.2, -0.15) is 18.2 Å². The molecule has 0 amide bonds. The molecule has 0 fully saturated rings. The fourth-order valence-electron chi connectivity index (χ4n) is 2.11. The Kier molecular flexibility index (Phi) is 6.31. The first kappa shape index (κ1) is 19.4. The van der Waals surface area contributed by atoms with E-state index in [1.165, 1.54) is 18.2 Å². The number of halogens is 3. The van der Waals surface area contributed by atoms with Crippen LogP contribution in [0.5, 0.6) is 5.88 Å². The summed E-state index contributed by atoms with van der Waals surface area (Å²) in [5, 5.41) is 13.6. The van der Waals surface area contributed by atoms with E-state index in [2.05, 4.69) is 15.3 Å². The van der Waals surface area contributed by atoms with E-state index in [-0.39, 0.29) is 23.9 Å². The van der Waals surface area contributed by atoms with Crippen molar-refractivity contribution in [2.45, 2.75) is 32.4 Å². The maximum atomic E-state index is 13.1. The van der Waals surface area contributed by atoms with Crippen molar-refractivity contribution in [1.29, 1.82) is 0 Å². The van der Waals surface area contributed by atoms with E-state index in [0.717, 1.165) is 12.8 Å². The Labute approximate surface area is 147 Å². The van der Waals surface area contributed by atoms with Crippen LogP contribution in [-0.2, 0) is 6.18 Å². The number of para-hydroxylation sites is 2. The van der Waals surface area contributed by atoms with Crippen molar-refractivity contribution in [3.63, 3.8) is 0 Å². The van der Waals surface area contributed by atoms with Crippen LogP contribution in [-0.4, -0.2) is 21.5 Å². The summed E-state index contributed by atoms with van der Waals surface area (Å²) < 4.78 is 44.4. The molecule has 0 bridgehead atoms. The van der Waals surface area contributed by atoms with Crippen LogP contribution in [0.4, 0.5) is 30.5 Å². The van der Waals surface area contributed by atoms with Gasteiger partial charge < -0.3 is 10.1 Å². The second kappa shape index (κ2) is 8.45. The molecule has 10 heteroatoms. The van der Waals surface area contributed by atoms with Gasteiger partial charge in [-0.15, -0.1) is 0 Å². The molecule has 2 rings (SSSR count). The van der Waals surface area contributed by atoms with Crippen LogP contribution in [0.15, 0.2) is 30.5 Å². The smallest absolute Gasteiger partial charge is 0.423 e. The molecule has 0 saturated heterocycles. The van der Waals surface area contributed by atoms with Crippen LogP contribution in [0, 0.1) is 10.1 Å². The van der Waals surface area contributed by atoms with E-state index in [4.69, 9.17) is 4.74 Å². The number of nitrogens with zero attached hydrogens (tertiary/aromatic N) is 3. The van der Waals surface area contributed by atoms with Crippen molar-refractivity contribution in [2.24, 2.45) is 0 Å². The minimum absolute atomic E-state index is 0.0641. The number of anilines is 2. The van der Waals surface area contributed by atoms with Gasteiger partial charge in [-0.25, -0.2) is 4.98 Å². The SMILES string of the molecule is CCCCCOc1nc(Nc2ccccc2[N+](=O)[O-])ncc1C(F)(F)F. The highest BCUT2D eigenvalue weighted by molar-refractivity contribution is 5.66. The van der Waals surface area contributed by atoms with Crippen LogP contribution < -0.4 is 10.1 Å². The lowest BCUT2D eigenvalue weighted by Gasteiger charge is -2.14. The molecule has 0 aliphatic heterocycles. The van der Waals surface area contributed by atoms with Crippen LogP contribution in [0.2, 0.25) is 0 Å². The van der Waals surface area contributed by atoms with Crippen LogP contribution in [0.3, 0.4) is 0 Å². The van der Waals surface area contributed by atoms with E-state index in [1.54, 1.807) is 6.07 Å². The highest BCUT2D eigenvalue weighted by Gasteiger charge is 2.36. The minimum Gasteiger partial charge on any atom is -0.477 e. The molecule has 1 N–H and O–H groups in total. The van der Waals surface area contributed by atoms with Crippen molar-refractivity contribution in [2.75, 3.05) is 11.9 Å². The summed E-state index contributed by atoms with van der Waals surface area (Å²) in [4.78, 5) is 17.7. The first-order chi connectivity index (χ1) is 12.3. The van der Waals surface area contributed by atoms with E-state index in [9.17, 15) is 23.3 Å². The number of nitrogens with one attached hydrogen (secondary N) is 1. The molecule has 0 saturated carbocycles. The van der Waals surface area contributed by atoms with Gasteiger partial charge >= 0.3 is 6.18 Å². The van der Waals surface area contributed by atoms with Crippen molar-refractivity contribution >= 4 is 17.3 Å². The van der Waals surface area contributed by atoms with Gasteiger partial charge in [0.2, 0.25) is 11.8 Å². The van der Waals surface area contributed by atoms with Gasteiger partial charge in [-0.1, -0.05) is 31.9 Å². The number of ether oxygens (including phenoxy) is 1. The molecule has 2 aromatic rings. The zero-order valence-electron chi connectivity index (χ0n) is 13.9. The third-order valence-electron chi connectivity index (χ3n) is 3.39. The number of nitro groups is 1. The lowest BCUT2D eigenvalue weighted by atomic mass is 10.2. The zero-order valence-corrected chi connectivity index (χ0v) is 13.9. The quantitative estimate of drug-likeness (QED) is 0.411. The van der Waals surface area contributed by atoms with Gasteiger partial charge in [-0.05, 0) is 12.5 Å². The Balaban J connectivity index is 2.28. The zero-order chi connectivity index (χ0) is 19.2. The lowest BCUT2D eigenvalue weighted by molar-refractivity contribution is -0.383. The third-order valence-corrected chi connectivity index (χ3v) is 3.39. The van der Waals surface area contributed by atoms with E-state index in [1.807, 2.05) is 6.92 Å². The second-order valence-corrected chi connectivity index (χ2v) is 5.37. The molecule has 0 spiro atoms. The number of benzene rings is 1. The Morgan fingerprint density at radius 3 is 2.65 bits per heavy atom. The van der Waals surface area contributed by atoms with E-state index < -0.39 is 22.5 Å². The average molecular weight is 370 g/mol. The summed E-state index contributed by atoms with van der Waals surface area (Å²) in [6.45, 7) is 2.04. The molecule has 1 heterocycles. The number of hydrogen-bond acceptors (Lipinski definition) is 6. The van der Waals surface area contributed by atoms with Gasteiger partial charge in [0, 0.05) is 12.3 Å². The predicted molar refractivity (Wildman–Crippen MR) is 88.4 cm³/mol. The highest BCUT2D eigenvalue weighted by Crippen LogP contribution is 2.36. The second-order valence-electron chi connectivity index (χ2n) is 5.37. The molecule has 140 valence electrons. The fourth-order valence-corrected chi connectivity index (χ4v) is 2.11. The lowest BCUT2D eigenvalue weighted by Crippen LogP contribution is -2.13. The van der Waals surface area contributed by atoms with E-state index in [0.29, 0.717) is 12.6 Å². The molecular weight excluding hydrogens is 353 g/mol. The number of hydrogen-bond donors (Lipinski definition) is 1. The van der Waals surface area contributed by atoms with Crippen molar-refractivity contribution in [3.8, 4) is 5.88 Å². The van der Waals surface area contributed by atoms with Crippen molar-refractivity contribution < 1.29 is 22.8 Å². The molecule has 1 aromatic heterocycles. The molecule has 7 nitrogen and oxygen atoms in total. The Morgan fingerprint density at radius 2 is 2.00 bits per heavy atom. The monoisotopic (exact) mass is 370 g/mol. The normalized spacial score (nSPS) is 11.2. The highest BCUT2D eigenvalue weighted by atomic mass is 19.4. The summed E-state index contributed by atoms with van der Waals surface area (Å²) in [6.07, 6.45) is -1.78. The van der Waals surface area contributed by atoms with Gasteiger partial charge in [0.1, 0.15) is 11.3 Å². The topological polar surface area (TPSA) is 90.2 Å². The maximum absolute atomic E-state index is 13.1. The van der Waals surface area contributed by atoms with Crippen molar-refractivity contribution in [3.05, 3.63) is 46.1 Å². The first-order valence-electron chi connectivity index (χ1n) is 7.90. The number of rotatable bonds is 8. The molecule has 0 aliphatic carbocycles. The van der Waals surface area contributed by atoms with Crippen LogP contribution in [0.1, 0.15) is 31.7 Å². The largest absolute Gasteiger partial charge is 0.477 e. The minimum atomic E-state index is -4.67. The predicted octanol–water partition coefficient (Wildman–Crippen LogP) is 4.72. The van der Waals surface area contributed by atoms with Gasteiger partial charge in [0.05, 0.1) is 11.5 Å². The van der Waals surface area contributed by atoms with Gasteiger partial charge in [0.25, 0.3) is 5.69 Å². The Bertz CT molecular complexity index is 769. The first-order valence-corrected chi connectivity index (χ1v) is 7.90. The molecule has 0 radical (unpaired) electrons. The van der Waals surface area contributed by atoms with Gasteiger partial charge in [-0.3, -0.25) is 10.1 Å². The van der Waals surface area contributed by atoms with Crippen LogP contribution >= 0.6 is 0 Å². The number of nitro benzene ring substituents is 1. The van der Waals surface area contributed by atoms with Crippen LogP contribution in [0.25, 0.3) is 0 Å². The summed E-state index contributed by atoms with van der Waals surface area (Å²) in [6, 6.07) is 5.68. The number of alkyl halides is 3. The fraction of sp³-hybridized carbons (Fsp3) is 0.375. The molecule has 1 aromatic carbocycles. The standard InChI is InChI=1S/C16H17F3N4O3/c1-2-3-6-9-26-14-11(16(17,18)19)10-20-15(22-14)21-12-7-4-5-8-13(12)23(24)25/h4-5,7-8,10H,2-3,6,9H2,1H3,(H,20,21,22). The maximum Gasteiger partial charge on any atom is 0.423 e. The molecule has 0 atom stereocenters. The summed E-state index contributed by atoms with van der Waals surface area (Å²) in [5.41, 5.74) is -1.28. The summed E-state index contributed by atoms with van der Waals surface area (Å²) in [5.74, 6) is -0.831. The molecule has 0 unspecified atom stereocenters. The number of unbranched alkanes of at least 4 members (excludes halogenated alkanes) is 2. The number of aromatic nitrogens is 2. The van der Waals surface area contributed by atoms with Gasteiger partial charge in [0.15, 0.2) is 0 Å². The summed E-state index contributed by atoms with van der Waals surface area (Å²) >= 11 is 0. The summed E-state index contributed by atoms with van der Waals surface area (Å²) in [7, 11) is 0. The Hall–Kier alpha value is -2.91. The average Bonchev–Trinajstić information content (AvgIpc) is 2.58.